The molecule has 202 valence electrons. The van der Waals surface area contributed by atoms with Gasteiger partial charge in [-0.3, -0.25) is 19.8 Å². The van der Waals surface area contributed by atoms with Crippen LogP contribution in [0, 0.1) is 0 Å². The maximum absolute atomic E-state index is 13.8. The number of amides is 4. The third-order valence-corrected chi connectivity index (χ3v) is 7.93. The zero-order chi connectivity index (χ0) is 27.7. The number of nitrogens with one attached hydrogen (secondary N) is 2. The summed E-state index contributed by atoms with van der Waals surface area (Å²) < 4.78 is 5.75. The number of anilines is 2. The lowest BCUT2D eigenvalue weighted by Gasteiger charge is -2.35. The molecule has 1 unspecified atom stereocenters. The maximum atomic E-state index is 13.8. The summed E-state index contributed by atoms with van der Waals surface area (Å²) in [7, 11) is 1.40. The van der Waals surface area contributed by atoms with E-state index in [2.05, 4.69) is 10.6 Å². The van der Waals surface area contributed by atoms with Gasteiger partial charge in [-0.2, -0.15) is 11.3 Å². The average Bonchev–Trinajstić information content (AvgIpc) is 3.58. The average molecular weight is 569 g/mol. The molecule has 2 aliphatic rings. The van der Waals surface area contributed by atoms with E-state index in [9.17, 15) is 19.2 Å². The number of hydrogen-bond donors (Lipinski definition) is 3. The van der Waals surface area contributed by atoms with Crippen molar-refractivity contribution >= 4 is 58.3 Å². The molecular weight excluding hydrogens is 544 g/mol. The number of nitrogens with zero attached hydrogens (tertiary/aromatic N) is 2. The third kappa shape index (κ3) is 5.41. The molecule has 0 aliphatic carbocycles. The van der Waals surface area contributed by atoms with Crippen LogP contribution >= 0.6 is 22.9 Å². The van der Waals surface area contributed by atoms with Gasteiger partial charge < -0.3 is 20.1 Å². The van der Waals surface area contributed by atoms with E-state index in [1.165, 1.54) is 42.6 Å². The Morgan fingerprint density at radius 1 is 1.23 bits per heavy atom. The van der Waals surface area contributed by atoms with Gasteiger partial charge in [-0.15, -0.1) is 0 Å². The molecule has 10 nitrogen and oxygen atoms in total. The van der Waals surface area contributed by atoms with Crippen LogP contribution in [0.15, 0.2) is 59.3 Å². The van der Waals surface area contributed by atoms with Crippen LogP contribution in [0.25, 0.3) is 0 Å². The van der Waals surface area contributed by atoms with Gasteiger partial charge in [0.05, 0.1) is 12.2 Å². The van der Waals surface area contributed by atoms with Crippen LogP contribution in [0.1, 0.15) is 27.9 Å². The van der Waals surface area contributed by atoms with E-state index in [0.717, 1.165) is 10.5 Å². The molecule has 4 amide bonds. The van der Waals surface area contributed by atoms with Gasteiger partial charge in [0.1, 0.15) is 6.04 Å². The second-order valence-electron chi connectivity index (χ2n) is 9.46. The monoisotopic (exact) mass is 568 g/mol. The molecule has 1 spiro atoms. The molecule has 2 aliphatic heterocycles. The Labute approximate surface area is 233 Å². The van der Waals surface area contributed by atoms with Crippen LogP contribution in [0.2, 0.25) is 5.02 Å². The van der Waals surface area contributed by atoms with Gasteiger partial charge in [0.2, 0.25) is 5.91 Å². The third-order valence-electron chi connectivity index (χ3n) is 6.97. The number of hydrogen-bond acceptors (Lipinski definition) is 6. The van der Waals surface area contributed by atoms with E-state index >= 15 is 0 Å². The van der Waals surface area contributed by atoms with Crippen molar-refractivity contribution in [2.75, 3.05) is 30.4 Å². The number of ether oxygens (including phenoxy) is 1. The van der Waals surface area contributed by atoms with Crippen LogP contribution < -0.4 is 15.5 Å². The van der Waals surface area contributed by atoms with Gasteiger partial charge >= 0.3 is 12.2 Å². The lowest BCUT2D eigenvalue weighted by Crippen LogP contribution is -2.50. The summed E-state index contributed by atoms with van der Waals surface area (Å²) in [6, 6.07) is 12.2. The minimum absolute atomic E-state index is 0.124. The Kier molecular flexibility index (Phi) is 7.19. The second kappa shape index (κ2) is 10.6. The fourth-order valence-corrected chi connectivity index (χ4v) is 5.75. The highest BCUT2D eigenvalue weighted by Gasteiger charge is 2.49. The highest BCUT2D eigenvalue weighted by Crippen LogP contribution is 2.43. The second-order valence-corrected chi connectivity index (χ2v) is 10.7. The molecule has 39 heavy (non-hydrogen) atoms. The van der Waals surface area contributed by atoms with E-state index in [4.69, 9.17) is 21.4 Å². The highest BCUT2D eigenvalue weighted by molar-refractivity contribution is 7.07. The Balaban J connectivity index is 1.36. The van der Waals surface area contributed by atoms with Crippen molar-refractivity contribution in [2.24, 2.45) is 0 Å². The van der Waals surface area contributed by atoms with Gasteiger partial charge in [-0.25, -0.2) is 9.59 Å². The number of thiophene rings is 1. The Bertz CT molecular complexity index is 1430. The number of likely N-dealkylation sites (tertiary alicyclic amines) is 1. The summed E-state index contributed by atoms with van der Waals surface area (Å²) >= 11 is 7.73. The fourth-order valence-electron chi connectivity index (χ4n) is 4.90. The topological polar surface area (TPSA) is 128 Å². The van der Waals surface area contributed by atoms with Crippen molar-refractivity contribution in [3.8, 4) is 0 Å². The van der Waals surface area contributed by atoms with E-state index in [-0.39, 0.29) is 24.4 Å². The van der Waals surface area contributed by atoms with Crippen molar-refractivity contribution in [3.05, 3.63) is 81.0 Å². The van der Waals surface area contributed by atoms with Gasteiger partial charge in [0, 0.05) is 48.3 Å². The van der Waals surface area contributed by atoms with E-state index < -0.39 is 29.7 Å². The summed E-state index contributed by atoms with van der Waals surface area (Å²) in [4.78, 5) is 53.1. The first-order valence-electron chi connectivity index (χ1n) is 12.1. The molecule has 3 heterocycles. The van der Waals surface area contributed by atoms with Crippen molar-refractivity contribution in [2.45, 2.75) is 24.5 Å². The van der Waals surface area contributed by atoms with Crippen LogP contribution in [-0.4, -0.2) is 60.2 Å². The van der Waals surface area contributed by atoms with Crippen LogP contribution in [0.3, 0.4) is 0 Å². The number of rotatable bonds is 6. The molecule has 2 aromatic carbocycles. The highest BCUT2D eigenvalue weighted by atomic mass is 35.5. The Morgan fingerprint density at radius 3 is 2.69 bits per heavy atom. The normalized spacial score (nSPS) is 18.6. The Hall–Kier alpha value is -4.09. The van der Waals surface area contributed by atoms with Gasteiger partial charge in [-0.05, 0) is 64.9 Å². The molecule has 3 aromatic rings. The molecule has 1 saturated heterocycles. The molecule has 0 saturated carbocycles. The SMILES string of the molecule is CN(C(=O)O)c1ccc(C(=O)N[C@@H](Cc2ccsc2)C(=O)N2CCC3(C2)OC(=O)Nc2ccc(Cl)cc23)cc1. The molecule has 3 N–H and O–H groups in total. The number of fused-ring (bicyclic) bond motifs is 2. The maximum Gasteiger partial charge on any atom is 0.412 e. The molecule has 0 bridgehead atoms. The number of carboxylic acid groups (broad SMARTS) is 1. The van der Waals surface area contributed by atoms with Gasteiger partial charge in [-0.1, -0.05) is 11.6 Å². The summed E-state index contributed by atoms with van der Waals surface area (Å²) in [6.07, 6.45) is -1.06. The number of benzene rings is 2. The smallest absolute Gasteiger partial charge is 0.412 e. The number of carbonyl (C=O) groups excluding carboxylic acids is 3. The summed E-state index contributed by atoms with van der Waals surface area (Å²) in [5, 5.41) is 19.0. The standard InChI is InChI=1S/C27H25ClN4O6S/c1-31(26(36)37)19-5-2-17(3-6-19)23(33)29-22(12-16-8-11-39-14-16)24(34)32-10-9-27(15-32)20-13-18(28)4-7-21(20)30-25(35)38-27/h2-8,11,13-14,22H,9-10,12,15H2,1H3,(H,29,33)(H,30,35)(H,36,37)/t22-,27?/m0/s1. The molecule has 1 fully saturated rings. The fraction of sp³-hybridized carbons (Fsp3) is 0.259. The molecule has 2 atom stereocenters. The zero-order valence-electron chi connectivity index (χ0n) is 20.8. The first kappa shape index (κ1) is 26.5. The first-order valence-corrected chi connectivity index (χ1v) is 13.4. The largest absolute Gasteiger partial charge is 0.465 e. The van der Waals surface area contributed by atoms with Crippen molar-refractivity contribution in [1.82, 2.24) is 10.2 Å². The van der Waals surface area contributed by atoms with E-state index in [1.807, 2.05) is 16.8 Å². The lowest BCUT2D eigenvalue weighted by atomic mass is 9.90. The molecule has 1 aromatic heterocycles. The Morgan fingerprint density at radius 2 is 2.00 bits per heavy atom. The number of halogens is 1. The minimum atomic E-state index is -1.12. The number of carbonyl (C=O) groups is 4. The predicted molar refractivity (Wildman–Crippen MR) is 147 cm³/mol. The van der Waals surface area contributed by atoms with E-state index in [0.29, 0.717) is 34.9 Å². The molecule has 5 rings (SSSR count). The molecular formula is C27H25ClN4O6S. The summed E-state index contributed by atoms with van der Waals surface area (Å²) in [6.45, 7) is 0.448. The van der Waals surface area contributed by atoms with E-state index in [1.54, 1.807) is 23.1 Å². The minimum Gasteiger partial charge on any atom is -0.465 e. The zero-order valence-corrected chi connectivity index (χ0v) is 22.4. The lowest BCUT2D eigenvalue weighted by molar-refractivity contribution is -0.133. The van der Waals surface area contributed by atoms with Gasteiger partial charge in [0.15, 0.2) is 5.60 Å². The molecule has 0 radical (unpaired) electrons. The van der Waals surface area contributed by atoms with Crippen LogP contribution in [0.4, 0.5) is 21.0 Å². The summed E-state index contributed by atoms with van der Waals surface area (Å²) in [5.41, 5.74) is 1.84. The first-order chi connectivity index (χ1) is 18.6. The summed E-state index contributed by atoms with van der Waals surface area (Å²) in [5.74, 6) is -0.765. The van der Waals surface area contributed by atoms with Crippen molar-refractivity contribution in [1.29, 1.82) is 0 Å². The van der Waals surface area contributed by atoms with Crippen molar-refractivity contribution < 1.29 is 29.0 Å². The van der Waals surface area contributed by atoms with Gasteiger partial charge in [0.25, 0.3) is 5.91 Å². The van der Waals surface area contributed by atoms with Crippen LogP contribution in [0.5, 0.6) is 0 Å². The molecule has 12 heteroatoms. The quantitative estimate of drug-likeness (QED) is 0.400. The van der Waals surface area contributed by atoms with Crippen molar-refractivity contribution in [3.63, 3.8) is 0 Å². The van der Waals surface area contributed by atoms with Crippen LogP contribution in [-0.2, 0) is 21.6 Å². The predicted octanol–water partition coefficient (Wildman–Crippen LogP) is 4.55.